The molecule has 78 valence electrons. The summed E-state index contributed by atoms with van der Waals surface area (Å²) in [5, 5.41) is 3.48. The first-order valence-corrected chi connectivity index (χ1v) is 5.50. The molecule has 1 aliphatic heterocycles. The maximum absolute atomic E-state index is 5.43. The van der Waals surface area contributed by atoms with Gasteiger partial charge in [-0.15, -0.1) is 0 Å². The zero-order valence-electron chi connectivity index (χ0n) is 9.23. The van der Waals surface area contributed by atoms with Crippen molar-refractivity contribution in [2.45, 2.75) is 33.6 Å². The molecule has 1 fully saturated rings. The Labute approximate surface area is 82.0 Å². The number of ether oxygens (including phenoxy) is 1. The van der Waals surface area contributed by atoms with Crippen molar-refractivity contribution >= 4 is 0 Å². The molecule has 2 nitrogen and oxygen atoms in total. The maximum atomic E-state index is 5.43. The summed E-state index contributed by atoms with van der Waals surface area (Å²) in [5.41, 5.74) is 0.494. The predicted molar refractivity (Wildman–Crippen MR) is 55.9 cm³/mol. The van der Waals surface area contributed by atoms with Crippen molar-refractivity contribution in [3.8, 4) is 0 Å². The minimum Gasteiger partial charge on any atom is -0.381 e. The minimum atomic E-state index is 0.494. The average molecular weight is 185 g/mol. The first-order valence-electron chi connectivity index (χ1n) is 5.50. The Hall–Kier alpha value is -0.0800. The number of hydrogen-bond acceptors (Lipinski definition) is 2. The summed E-state index contributed by atoms with van der Waals surface area (Å²) >= 11 is 0. The van der Waals surface area contributed by atoms with Gasteiger partial charge < -0.3 is 10.1 Å². The van der Waals surface area contributed by atoms with Gasteiger partial charge in [0.2, 0.25) is 0 Å². The van der Waals surface area contributed by atoms with E-state index in [-0.39, 0.29) is 0 Å². The second-order valence-electron chi connectivity index (χ2n) is 4.41. The molecular weight excluding hydrogens is 162 g/mol. The fourth-order valence-corrected chi connectivity index (χ4v) is 2.11. The molecule has 0 radical (unpaired) electrons. The molecule has 0 aromatic rings. The summed E-state index contributed by atoms with van der Waals surface area (Å²) in [7, 11) is 0. The smallest absolute Gasteiger partial charge is 0.0471 e. The van der Waals surface area contributed by atoms with Crippen LogP contribution in [0.5, 0.6) is 0 Å². The summed E-state index contributed by atoms with van der Waals surface area (Å²) in [4.78, 5) is 0. The molecule has 0 aromatic heterocycles. The van der Waals surface area contributed by atoms with E-state index in [1.165, 1.54) is 12.8 Å². The van der Waals surface area contributed by atoms with Crippen LogP contribution in [0.1, 0.15) is 33.6 Å². The highest BCUT2D eigenvalue weighted by atomic mass is 16.5. The molecule has 1 rings (SSSR count). The van der Waals surface area contributed by atoms with Crippen LogP contribution in [0, 0.1) is 11.3 Å². The molecule has 0 atom stereocenters. The van der Waals surface area contributed by atoms with Crippen LogP contribution < -0.4 is 5.32 Å². The largest absolute Gasteiger partial charge is 0.381 e. The Morgan fingerprint density at radius 1 is 1.31 bits per heavy atom. The molecule has 13 heavy (non-hydrogen) atoms. The summed E-state index contributed by atoms with van der Waals surface area (Å²) in [5.74, 6) is 0.760. The van der Waals surface area contributed by atoms with Crippen LogP contribution in [0.25, 0.3) is 0 Å². The third-order valence-corrected chi connectivity index (χ3v) is 3.44. The lowest BCUT2D eigenvalue weighted by Gasteiger charge is -2.41. The molecule has 0 aliphatic carbocycles. The highest BCUT2D eigenvalue weighted by Crippen LogP contribution is 2.37. The zero-order chi connectivity index (χ0) is 9.73. The van der Waals surface area contributed by atoms with E-state index in [9.17, 15) is 0 Å². The standard InChI is InChI=1S/C11H23NO/c1-4-12-9-11(10(2)3)5-7-13-8-6-11/h10,12H,4-9H2,1-3H3. The van der Waals surface area contributed by atoms with Gasteiger partial charge in [-0.3, -0.25) is 0 Å². The number of hydrogen-bond donors (Lipinski definition) is 1. The van der Waals surface area contributed by atoms with Crippen molar-refractivity contribution in [3.63, 3.8) is 0 Å². The van der Waals surface area contributed by atoms with Crippen LogP contribution in [0.3, 0.4) is 0 Å². The summed E-state index contributed by atoms with van der Waals surface area (Å²) < 4.78 is 5.43. The van der Waals surface area contributed by atoms with Crippen molar-refractivity contribution < 1.29 is 4.74 Å². The molecule has 0 saturated carbocycles. The Bertz CT molecular complexity index is 139. The van der Waals surface area contributed by atoms with E-state index in [0.717, 1.165) is 32.2 Å². The molecule has 1 saturated heterocycles. The van der Waals surface area contributed by atoms with E-state index >= 15 is 0 Å². The lowest BCUT2D eigenvalue weighted by Crippen LogP contribution is -2.42. The van der Waals surface area contributed by atoms with E-state index < -0.39 is 0 Å². The van der Waals surface area contributed by atoms with E-state index in [0.29, 0.717) is 5.41 Å². The highest BCUT2D eigenvalue weighted by Gasteiger charge is 2.34. The fraction of sp³-hybridized carbons (Fsp3) is 1.00. The van der Waals surface area contributed by atoms with E-state index in [1.54, 1.807) is 0 Å². The number of rotatable bonds is 4. The van der Waals surface area contributed by atoms with Crippen LogP contribution in [-0.4, -0.2) is 26.3 Å². The third kappa shape index (κ3) is 2.68. The summed E-state index contributed by atoms with van der Waals surface area (Å²) in [6.45, 7) is 11.0. The summed E-state index contributed by atoms with van der Waals surface area (Å²) in [6.07, 6.45) is 2.44. The van der Waals surface area contributed by atoms with Gasteiger partial charge in [0.25, 0.3) is 0 Å². The van der Waals surface area contributed by atoms with Crippen molar-refractivity contribution in [1.29, 1.82) is 0 Å². The monoisotopic (exact) mass is 185 g/mol. The van der Waals surface area contributed by atoms with Crippen LogP contribution >= 0.6 is 0 Å². The average Bonchev–Trinajstić information content (AvgIpc) is 2.16. The molecule has 2 heteroatoms. The van der Waals surface area contributed by atoms with Crippen molar-refractivity contribution in [3.05, 3.63) is 0 Å². The maximum Gasteiger partial charge on any atom is 0.0471 e. The molecule has 1 aliphatic rings. The van der Waals surface area contributed by atoms with E-state index in [1.807, 2.05) is 0 Å². The molecule has 0 amide bonds. The summed E-state index contributed by atoms with van der Waals surface area (Å²) in [6, 6.07) is 0. The second-order valence-corrected chi connectivity index (χ2v) is 4.41. The molecule has 0 bridgehead atoms. The van der Waals surface area contributed by atoms with Gasteiger partial charge in [-0.05, 0) is 30.7 Å². The minimum absolute atomic E-state index is 0.494. The Balaban J connectivity index is 2.51. The van der Waals surface area contributed by atoms with Gasteiger partial charge in [-0.25, -0.2) is 0 Å². The van der Waals surface area contributed by atoms with Gasteiger partial charge in [-0.1, -0.05) is 20.8 Å². The topological polar surface area (TPSA) is 21.3 Å². The lowest BCUT2D eigenvalue weighted by molar-refractivity contribution is -0.00947. The number of nitrogens with one attached hydrogen (secondary N) is 1. The van der Waals surface area contributed by atoms with Gasteiger partial charge in [0.05, 0.1) is 0 Å². The fourth-order valence-electron chi connectivity index (χ4n) is 2.11. The quantitative estimate of drug-likeness (QED) is 0.724. The lowest BCUT2D eigenvalue weighted by atomic mass is 9.71. The van der Waals surface area contributed by atoms with E-state index in [4.69, 9.17) is 4.74 Å². The van der Waals surface area contributed by atoms with Gasteiger partial charge in [0.1, 0.15) is 0 Å². The Kier molecular flexibility index (Phi) is 4.20. The third-order valence-electron chi connectivity index (χ3n) is 3.44. The van der Waals surface area contributed by atoms with Crippen molar-refractivity contribution in [2.24, 2.45) is 11.3 Å². The zero-order valence-corrected chi connectivity index (χ0v) is 9.23. The van der Waals surface area contributed by atoms with Gasteiger partial charge in [-0.2, -0.15) is 0 Å². The van der Waals surface area contributed by atoms with Crippen LogP contribution in [0.4, 0.5) is 0 Å². The van der Waals surface area contributed by atoms with Crippen molar-refractivity contribution in [1.82, 2.24) is 5.32 Å². The molecular formula is C11H23NO. The molecule has 0 spiro atoms. The van der Waals surface area contributed by atoms with Crippen LogP contribution in [0.15, 0.2) is 0 Å². The molecule has 0 unspecified atom stereocenters. The van der Waals surface area contributed by atoms with Crippen molar-refractivity contribution in [2.75, 3.05) is 26.3 Å². The first-order chi connectivity index (χ1) is 6.21. The molecule has 0 aromatic carbocycles. The van der Waals surface area contributed by atoms with E-state index in [2.05, 4.69) is 26.1 Å². The van der Waals surface area contributed by atoms with Gasteiger partial charge >= 0.3 is 0 Å². The van der Waals surface area contributed by atoms with Crippen LogP contribution in [-0.2, 0) is 4.74 Å². The second kappa shape index (κ2) is 4.97. The van der Waals surface area contributed by atoms with Crippen LogP contribution in [0.2, 0.25) is 0 Å². The molecule has 1 N–H and O–H groups in total. The highest BCUT2D eigenvalue weighted by molar-refractivity contribution is 4.86. The molecule has 1 heterocycles. The SMILES string of the molecule is CCNCC1(C(C)C)CCOCC1. The van der Waals surface area contributed by atoms with Gasteiger partial charge in [0, 0.05) is 19.8 Å². The first kappa shape index (κ1) is 11.0. The predicted octanol–water partition coefficient (Wildman–Crippen LogP) is 2.05. The Morgan fingerprint density at radius 2 is 1.92 bits per heavy atom. The normalized spacial score (nSPS) is 22.2. The Morgan fingerprint density at radius 3 is 2.38 bits per heavy atom. The van der Waals surface area contributed by atoms with Gasteiger partial charge in [0.15, 0.2) is 0 Å².